The summed E-state index contributed by atoms with van der Waals surface area (Å²) in [6, 6.07) is 4.87. The molecule has 0 spiro atoms. The maximum absolute atomic E-state index is 12.5. The van der Waals surface area contributed by atoms with Crippen molar-refractivity contribution in [3.8, 4) is 0 Å². The molecule has 2 amide bonds. The summed E-state index contributed by atoms with van der Waals surface area (Å²) in [6.07, 6.45) is -2.39. The number of carbonyl (C=O) groups excluding carboxylic acids is 2. The molecular formula is C18H18F3N3O2S. The van der Waals surface area contributed by atoms with E-state index in [0.717, 1.165) is 25.0 Å². The van der Waals surface area contributed by atoms with Gasteiger partial charge < -0.3 is 10.6 Å². The Labute approximate surface area is 158 Å². The highest BCUT2D eigenvalue weighted by Crippen LogP contribution is 2.29. The molecule has 1 heterocycles. The second kappa shape index (κ2) is 7.67. The van der Waals surface area contributed by atoms with Gasteiger partial charge in [-0.05, 0) is 37.5 Å². The van der Waals surface area contributed by atoms with Crippen LogP contribution in [0.4, 0.5) is 13.2 Å². The number of rotatable bonds is 6. The molecule has 0 atom stereocenters. The molecule has 1 aromatic heterocycles. The lowest BCUT2D eigenvalue weighted by atomic mass is 10.1. The van der Waals surface area contributed by atoms with Crippen molar-refractivity contribution in [2.24, 2.45) is 0 Å². The maximum Gasteiger partial charge on any atom is 0.416 e. The highest BCUT2D eigenvalue weighted by atomic mass is 32.1. The van der Waals surface area contributed by atoms with Gasteiger partial charge in [0, 0.05) is 12.6 Å². The molecule has 0 bridgehead atoms. The Morgan fingerprint density at radius 1 is 1.22 bits per heavy atom. The van der Waals surface area contributed by atoms with E-state index in [1.165, 1.54) is 23.5 Å². The predicted octanol–water partition coefficient (Wildman–Crippen LogP) is 3.22. The van der Waals surface area contributed by atoms with Crippen LogP contribution >= 0.6 is 11.3 Å². The molecule has 0 unspecified atom stereocenters. The van der Waals surface area contributed by atoms with Gasteiger partial charge in [-0.1, -0.05) is 12.1 Å². The van der Waals surface area contributed by atoms with Gasteiger partial charge >= 0.3 is 6.18 Å². The molecule has 27 heavy (non-hydrogen) atoms. The average molecular weight is 397 g/mol. The highest BCUT2D eigenvalue weighted by Gasteiger charge is 2.30. The molecule has 144 valence electrons. The van der Waals surface area contributed by atoms with Gasteiger partial charge in [-0.3, -0.25) is 9.59 Å². The van der Waals surface area contributed by atoms with Crippen LogP contribution in [0.1, 0.15) is 44.3 Å². The highest BCUT2D eigenvalue weighted by molar-refractivity contribution is 7.13. The van der Waals surface area contributed by atoms with E-state index >= 15 is 0 Å². The number of thiazole rings is 1. The number of aryl methyl sites for hydroxylation is 1. The second-order valence-corrected chi connectivity index (χ2v) is 7.50. The van der Waals surface area contributed by atoms with Crippen LogP contribution in [0.5, 0.6) is 0 Å². The monoisotopic (exact) mass is 397 g/mol. The second-order valence-electron chi connectivity index (χ2n) is 6.42. The molecule has 1 aromatic carbocycles. The van der Waals surface area contributed by atoms with Crippen molar-refractivity contribution < 1.29 is 22.8 Å². The quantitative estimate of drug-likeness (QED) is 0.786. The number of nitrogens with one attached hydrogen (secondary N) is 2. The van der Waals surface area contributed by atoms with Crippen LogP contribution in [0.3, 0.4) is 0 Å². The fourth-order valence-corrected chi connectivity index (χ4v) is 3.40. The largest absolute Gasteiger partial charge is 0.416 e. The lowest BCUT2D eigenvalue weighted by Gasteiger charge is -2.08. The zero-order valence-electron chi connectivity index (χ0n) is 14.5. The number of alkyl halides is 3. The topological polar surface area (TPSA) is 71.1 Å². The Morgan fingerprint density at radius 3 is 2.48 bits per heavy atom. The summed E-state index contributed by atoms with van der Waals surface area (Å²) in [5, 5.41) is 6.07. The molecule has 1 saturated carbocycles. The van der Waals surface area contributed by atoms with E-state index in [4.69, 9.17) is 0 Å². The van der Waals surface area contributed by atoms with Gasteiger partial charge in [-0.25, -0.2) is 4.98 Å². The molecule has 1 aliphatic carbocycles. The fourth-order valence-electron chi connectivity index (χ4n) is 2.43. The maximum atomic E-state index is 12.5. The van der Waals surface area contributed by atoms with Gasteiger partial charge in [0.05, 0.1) is 17.7 Å². The van der Waals surface area contributed by atoms with E-state index in [1.807, 2.05) is 0 Å². The predicted molar refractivity (Wildman–Crippen MR) is 94.3 cm³/mol. The first-order valence-corrected chi connectivity index (χ1v) is 9.24. The zero-order chi connectivity index (χ0) is 19.6. The normalized spacial score (nSPS) is 14.1. The molecule has 5 nitrogen and oxygen atoms in total. The molecule has 1 fully saturated rings. The first kappa shape index (κ1) is 19.3. The van der Waals surface area contributed by atoms with E-state index in [-0.39, 0.29) is 30.8 Å². The van der Waals surface area contributed by atoms with Crippen LogP contribution in [0.15, 0.2) is 24.3 Å². The Kier molecular flexibility index (Phi) is 5.50. The minimum absolute atomic E-state index is 0.0167. The Morgan fingerprint density at radius 2 is 1.89 bits per heavy atom. The van der Waals surface area contributed by atoms with Crippen molar-refractivity contribution in [1.29, 1.82) is 0 Å². The summed E-state index contributed by atoms with van der Waals surface area (Å²) in [7, 11) is 0. The van der Waals surface area contributed by atoms with Gasteiger partial charge in [0.15, 0.2) is 0 Å². The molecular weight excluding hydrogens is 379 g/mol. The molecule has 2 aromatic rings. The van der Waals surface area contributed by atoms with Crippen LogP contribution in [-0.2, 0) is 23.9 Å². The van der Waals surface area contributed by atoms with E-state index in [2.05, 4.69) is 15.6 Å². The summed E-state index contributed by atoms with van der Waals surface area (Å²) < 4.78 is 37.6. The lowest BCUT2D eigenvalue weighted by Crippen LogP contribution is -2.25. The Hall–Kier alpha value is -2.42. The summed E-state index contributed by atoms with van der Waals surface area (Å²) in [5.41, 5.74) is 0.424. The van der Waals surface area contributed by atoms with Crippen LogP contribution in [-0.4, -0.2) is 22.8 Å². The van der Waals surface area contributed by atoms with Crippen LogP contribution in [0.2, 0.25) is 0 Å². The van der Waals surface area contributed by atoms with Crippen LogP contribution < -0.4 is 10.6 Å². The number of hydrogen-bond acceptors (Lipinski definition) is 4. The van der Waals surface area contributed by atoms with Crippen molar-refractivity contribution in [3.05, 3.63) is 51.0 Å². The Balaban J connectivity index is 1.52. The van der Waals surface area contributed by atoms with Crippen molar-refractivity contribution in [2.45, 2.75) is 44.9 Å². The Bertz CT molecular complexity index is 843. The van der Waals surface area contributed by atoms with Gasteiger partial charge in [0.25, 0.3) is 5.91 Å². The molecule has 1 aliphatic rings. The van der Waals surface area contributed by atoms with Crippen molar-refractivity contribution >= 4 is 23.2 Å². The van der Waals surface area contributed by atoms with E-state index < -0.39 is 11.7 Å². The lowest BCUT2D eigenvalue weighted by molar-refractivity contribution is -0.137. The number of hydrogen-bond donors (Lipinski definition) is 2. The van der Waals surface area contributed by atoms with E-state index in [1.54, 1.807) is 6.92 Å². The first-order chi connectivity index (χ1) is 12.7. The molecule has 0 radical (unpaired) electrons. The van der Waals surface area contributed by atoms with Gasteiger partial charge in [0.2, 0.25) is 5.91 Å². The van der Waals surface area contributed by atoms with E-state index in [0.29, 0.717) is 21.1 Å². The molecule has 9 heteroatoms. The SMILES string of the molecule is Cc1nc(CC(=O)NCc2ccc(C(F)(F)F)cc2)sc1C(=O)NC1CC1. The van der Waals surface area contributed by atoms with Crippen molar-refractivity contribution in [3.63, 3.8) is 0 Å². The summed E-state index contributed by atoms with van der Waals surface area (Å²) in [5.74, 6) is -0.471. The third-order valence-electron chi connectivity index (χ3n) is 4.04. The minimum Gasteiger partial charge on any atom is -0.352 e. The zero-order valence-corrected chi connectivity index (χ0v) is 15.3. The number of halogens is 3. The number of nitrogens with zero attached hydrogens (tertiary/aromatic N) is 1. The van der Waals surface area contributed by atoms with Crippen LogP contribution in [0, 0.1) is 6.92 Å². The average Bonchev–Trinajstić information content (AvgIpc) is 3.33. The summed E-state index contributed by atoms with van der Waals surface area (Å²) in [4.78, 5) is 28.9. The molecule has 0 saturated heterocycles. The van der Waals surface area contributed by atoms with Gasteiger partial charge in [0.1, 0.15) is 9.88 Å². The van der Waals surface area contributed by atoms with Gasteiger partial charge in [-0.2, -0.15) is 13.2 Å². The number of aromatic nitrogens is 1. The number of carbonyl (C=O) groups is 2. The standard InChI is InChI=1S/C18H18F3N3O2S/c1-10-16(17(26)24-13-6-7-13)27-15(23-10)8-14(25)22-9-11-2-4-12(5-3-11)18(19,20)21/h2-5,13H,6-9H2,1H3,(H,22,25)(H,24,26). The fraction of sp³-hybridized carbons (Fsp3) is 0.389. The smallest absolute Gasteiger partial charge is 0.352 e. The third-order valence-corrected chi connectivity index (χ3v) is 5.20. The van der Waals surface area contributed by atoms with Crippen molar-refractivity contribution in [2.75, 3.05) is 0 Å². The third kappa shape index (κ3) is 5.29. The van der Waals surface area contributed by atoms with E-state index in [9.17, 15) is 22.8 Å². The number of amides is 2. The first-order valence-electron chi connectivity index (χ1n) is 8.42. The molecule has 0 aliphatic heterocycles. The summed E-state index contributed by atoms with van der Waals surface area (Å²) in [6.45, 7) is 1.85. The number of benzene rings is 1. The minimum atomic E-state index is -4.38. The molecule has 2 N–H and O–H groups in total. The van der Waals surface area contributed by atoms with Crippen LogP contribution in [0.25, 0.3) is 0 Å². The molecule has 3 rings (SSSR count). The van der Waals surface area contributed by atoms with Crippen molar-refractivity contribution in [1.82, 2.24) is 15.6 Å². The van der Waals surface area contributed by atoms with Gasteiger partial charge in [-0.15, -0.1) is 11.3 Å². The summed E-state index contributed by atoms with van der Waals surface area (Å²) >= 11 is 1.18.